The second-order valence-corrected chi connectivity index (χ2v) is 10.2. The largest absolute Gasteiger partial charge is 0.771 e. The number of aromatic nitrogens is 5. The van der Waals surface area contributed by atoms with E-state index in [1.54, 1.807) is 0 Å². The monoisotopic (exact) mass is 494 g/mol. The average molecular weight is 495 g/mol. The standard InChI is InChI=1S/C24H29N7O3S/c1-16-22(17-5-7-29(8-6-17)15-35(32)33)31-14-21(18-3-2-4-20-19(18)13-25-28-20)27-23(24(31)26-16)30-9-11-34-12-10-30/h2-4,13-14,17H,5-12,15H2,1H3,(H,25,28)(H,32,33)/p-1. The minimum Gasteiger partial charge on any atom is -0.771 e. The molecule has 1 aromatic carbocycles. The lowest BCUT2D eigenvalue weighted by atomic mass is 9.92. The molecule has 0 saturated carbocycles. The van der Waals surface area contributed by atoms with Gasteiger partial charge in [0, 0.05) is 41.8 Å². The molecule has 0 aliphatic carbocycles. The van der Waals surface area contributed by atoms with Crippen LogP contribution in [0.2, 0.25) is 0 Å². The Hall–Kier alpha value is -2.86. The van der Waals surface area contributed by atoms with Gasteiger partial charge in [-0.25, -0.2) is 9.97 Å². The summed E-state index contributed by atoms with van der Waals surface area (Å²) in [6, 6.07) is 6.12. The van der Waals surface area contributed by atoms with Gasteiger partial charge in [-0.05, 0) is 50.0 Å². The number of hydrogen-bond donors (Lipinski definition) is 1. The molecular formula is C24H28N7O3S-. The molecule has 1 unspecified atom stereocenters. The second kappa shape index (κ2) is 9.30. The fourth-order valence-electron chi connectivity index (χ4n) is 5.45. The molecule has 0 amide bonds. The third-order valence-electron chi connectivity index (χ3n) is 7.14. The molecule has 184 valence electrons. The van der Waals surface area contributed by atoms with Crippen molar-refractivity contribution in [3.63, 3.8) is 0 Å². The number of nitrogens with one attached hydrogen (secondary N) is 1. The highest BCUT2D eigenvalue weighted by molar-refractivity contribution is 7.79. The van der Waals surface area contributed by atoms with Crippen LogP contribution >= 0.6 is 0 Å². The fourth-order valence-corrected chi connectivity index (χ4v) is 6.00. The van der Waals surface area contributed by atoms with Gasteiger partial charge in [0.05, 0.1) is 42.2 Å². The Kier molecular flexibility index (Phi) is 6.01. The predicted octanol–water partition coefficient (Wildman–Crippen LogP) is 2.43. The van der Waals surface area contributed by atoms with Gasteiger partial charge in [0.2, 0.25) is 0 Å². The number of aryl methyl sites for hydroxylation is 1. The molecule has 1 N–H and O–H groups in total. The third-order valence-corrected chi connectivity index (χ3v) is 7.72. The topological polar surface area (TPSA) is 115 Å². The predicted molar refractivity (Wildman–Crippen MR) is 133 cm³/mol. The highest BCUT2D eigenvalue weighted by atomic mass is 32.2. The van der Waals surface area contributed by atoms with E-state index in [1.165, 1.54) is 5.69 Å². The molecule has 2 fully saturated rings. The smallest absolute Gasteiger partial charge is 0.180 e. The van der Waals surface area contributed by atoms with Crippen LogP contribution in [-0.4, -0.2) is 83.5 Å². The van der Waals surface area contributed by atoms with Gasteiger partial charge >= 0.3 is 0 Å². The van der Waals surface area contributed by atoms with Gasteiger partial charge in [-0.2, -0.15) is 5.10 Å². The number of H-pyrrole nitrogens is 1. The minimum absolute atomic E-state index is 0.100. The molecule has 2 aliphatic rings. The molecule has 2 saturated heterocycles. The summed E-state index contributed by atoms with van der Waals surface area (Å²) in [5.41, 5.74) is 5.95. The first kappa shape index (κ1) is 22.6. The normalized spacial score (nSPS) is 19.1. The number of ether oxygens (including phenoxy) is 1. The Morgan fingerprint density at radius 1 is 1.17 bits per heavy atom. The Labute approximate surface area is 205 Å². The number of rotatable bonds is 5. The van der Waals surface area contributed by atoms with E-state index < -0.39 is 11.1 Å². The molecule has 1 atom stereocenters. The van der Waals surface area contributed by atoms with Crippen LogP contribution in [-0.2, 0) is 15.8 Å². The molecule has 3 aromatic heterocycles. The van der Waals surface area contributed by atoms with Crippen molar-refractivity contribution in [3.8, 4) is 11.3 Å². The lowest BCUT2D eigenvalue weighted by Crippen LogP contribution is -2.37. The van der Waals surface area contributed by atoms with Gasteiger partial charge in [-0.1, -0.05) is 12.1 Å². The third kappa shape index (κ3) is 4.22. The summed E-state index contributed by atoms with van der Waals surface area (Å²) < 4.78 is 30.1. The van der Waals surface area contributed by atoms with E-state index in [0.717, 1.165) is 78.3 Å². The van der Waals surface area contributed by atoms with Gasteiger partial charge in [0.1, 0.15) is 0 Å². The lowest BCUT2D eigenvalue weighted by Gasteiger charge is -2.32. The number of morpholine rings is 1. The fraction of sp³-hybridized carbons (Fsp3) is 0.458. The molecule has 11 heteroatoms. The summed E-state index contributed by atoms with van der Waals surface area (Å²) in [5.74, 6) is 1.28. The first-order chi connectivity index (χ1) is 17.1. The zero-order chi connectivity index (χ0) is 23.9. The van der Waals surface area contributed by atoms with Crippen molar-refractivity contribution in [2.75, 3.05) is 50.2 Å². The Bertz CT molecular complexity index is 1390. The molecular weight excluding hydrogens is 466 g/mol. The SMILES string of the molecule is Cc1nc2c(N3CCOCC3)nc(-c3cccc4[nH]ncc34)cn2c1C1CCN(CS(=O)[O-])CC1. The highest BCUT2D eigenvalue weighted by Gasteiger charge is 2.28. The first-order valence-corrected chi connectivity index (χ1v) is 13.3. The Morgan fingerprint density at radius 2 is 1.97 bits per heavy atom. The van der Waals surface area contributed by atoms with Crippen molar-refractivity contribution >= 4 is 33.4 Å². The summed E-state index contributed by atoms with van der Waals surface area (Å²) in [6.07, 6.45) is 5.75. The maximum Gasteiger partial charge on any atom is 0.180 e. The van der Waals surface area contributed by atoms with Crippen molar-refractivity contribution < 1.29 is 13.5 Å². The second-order valence-electron chi connectivity index (χ2n) is 9.29. The maximum atomic E-state index is 11.2. The van der Waals surface area contributed by atoms with E-state index in [9.17, 15) is 8.76 Å². The van der Waals surface area contributed by atoms with E-state index in [0.29, 0.717) is 19.1 Å². The van der Waals surface area contributed by atoms with E-state index in [1.807, 2.05) is 23.2 Å². The zero-order valence-electron chi connectivity index (χ0n) is 19.6. The maximum absolute atomic E-state index is 11.2. The van der Waals surface area contributed by atoms with Crippen molar-refractivity contribution in [2.45, 2.75) is 25.7 Å². The van der Waals surface area contributed by atoms with Gasteiger partial charge in [0.15, 0.2) is 11.5 Å². The number of piperidine rings is 1. The van der Waals surface area contributed by atoms with Crippen LogP contribution in [0.3, 0.4) is 0 Å². The molecule has 5 heterocycles. The van der Waals surface area contributed by atoms with E-state index in [2.05, 4.69) is 38.7 Å². The Morgan fingerprint density at radius 3 is 2.74 bits per heavy atom. The van der Waals surface area contributed by atoms with Crippen molar-refractivity contribution in [1.29, 1.82) is 0 Å². The molecule has 6 rings (SSSR count). The lowest BCUT2D eigenvalue weighted by molar-refractivity contribution is 0.122. The molecule has 0 spiro atoms. The van der Waals surface area contributed by atoms with Crippen LogP contribution in [0, 0.1) is 6.92 Å². The molecule has 35 heavy (non-hydrogen) atoms. The summed E-state index contributed by atoms with van der Waals surface area (Å²) in [4.78, 5) is 14.4. The van der Waals surface area contributed by atoms with E-state index in [4.69, 9.17) is 14.7 Å². The number of likely N-dealkylation sites (tertiary alicyclic amines) is 1. The van der Waals surface area contributed by atoms with Crippen LogP contribution < -0.4 is 4.90 Å². The number of benzene rings is 1. The van der Waals surface area contributed by atoms with E-state index >= 15 is 0 Å². The number of nitrogens with zero attached hydrogens (tertiary/aromatic N) is 6. The summed E-state index contributed by atoms with van der Waals surface area (Å²) in [7, 11) is 0. The number of aromatic amines is 1. The van der Waals surface area contributed by atoms with Crippen LogP contribution in [0.4, 0.5) is 5.82 Å². The first-order valence-electron chi connectivity index (χ1n) is 12.0. The highest BCUT2D eigenvalue weighted by Crippen LogP contribution is 2.35. The van der Waals surface area contributed by atoms with Gasteiger partial charge < -0.3 is 14.2 Å². The van der Waals surface area contributed by atoms with E-state index in [-0.39, 0.29) is 5.88 Å². The molecule has 0 bridgehead atoms. The summed E-state index contributed by atoms with van der Waals surface area (Å²) >= 11 is -2.05. The zero-order valence-corrected chi connectivity index (χ0v) is 20.5. The van der Waals surface area contributed by atoms with Crippen molar-refractivity contribution in [2.24, 2.45) is 0 Å². The quantitative estimate of drug-likeness (QED) is 0.421. The Balaban J connectivity index is 1.47. The van der Waals surface area contributed by atoms with Crippen LogP contribution in [0.5, 0.6) is 0 Å². The minimum atomic E-state index is -2.05. The molecule has 4 aromatic rings. The van der Waals surface area contributed by atoms with Crippen molar-refractivity contribution in [3.05, 3.63) is 42.0 Å². The summed E-state index contributed by atoms with van der Waals surface area (Å²) in [5, 5.41) is 8.33. The van der Waals surface area contributed by atoms with Crippen molar-refractivity contribution in [1.82, 2.24) is 29.5 Å². The average Bonchev–Trinajstić information content (AvgIpc) is 3.48. The molecule has 10 nitrogen and oxygen atoms in total. The van der Waals surface area contributed by atoms with Gasteiger partial charge in [0.25, 0.3) is 0 Å². The van der Waals surface area contributed by atoms with Crippen LogP contribution in [0.25, 0.3) is 27.8 Å². The number of hydrogen-bond acceptors (Lipinski definition) is 8. The van der Waals surface area contributed by atoms with Gasteiger partial charge in [-0.3, -0.25) is 18.6 Å². The van der Waals surface area contributed by atoms with Crippen LogP contribution in [0.1, 0.15) is 30.1 Å². The molecule has 0 radical (unpaired) electrons. The number of imidazole rings is 1. The number of anilines is 1. The molecule has 2 aliphatic heterocycles. The van der Waals surface area contributed by atoms with Crippen LogP contribution in [0.15, 0.2) is 30.6 Å². The summed E-state index contributed by atoms with van der Waals surface area (Å²) in [6.45, 7) is 6.47. The number of fused-ring (bicyclic) bond motifs is 2. The van der Waals surface area contributed by atoms with Gasteiger partial charge in [-0.15, -0.1) is 0 Å².